The van der Waals surface area contributed by atoms with Crippen LogP contribution in [0.3, 0.4) is 0 Å². The molecule has 0 spiro atoms. The summed E-state index contributed by atoms with van der Waals surface area (Å²) in [5.74, 6) is 1.76. The molecule has 2 N–H and O–H groups in total. The van der Waals surface area contributed by atoms with E-state index in [1.165, 1.54) is 0 Å². The molecule has 0 radical (unpaired) electrons. The zero-order valence-corrected chi connectivity index (χ0v) is 8.75. The summed E-state index contributed by atoms with van der Waals surface area (Å²) >= 11 is 0. The highest BCUT2D eigenvalue weighted by molar-refractivity contribution is 5.40. The molecule has 0 aliphatic carbocycles. The van der Waals surface area contributed by atoms with Crippen LogP contribution >= 0.6 is 0 Å². The Morgan fingerprint density at radius 1 is 1.21 bits per heavy atom. The molecule has 0 saturated carbocycles. The molecule has 1 aromatic carbocycles. The normalized spacial score (nSPS) is 9.93. The first-order valence-electron chi connectivity index (χ1n) is 4.72. The maximum absolute atomic E-state index is 5.47. The third-order valence-electron chi connectivity index (χ3n) is 2.14. The van der Waals surface area contributed by atoms with Crippen LogP contribution in [-0.2, 0) is 6.42 Å². The molecule has 0 heterocycles. The number of benzene rings is 1. The van der Waals surface area contributed by atoms with E-state index >= 15 is 0 Å². The summed E-state index contributed by atoms with van der Waals surface area (Å²) in [6.45, 7) is 0.695. The Bertz CT molecular complexity index is 287. The second kappa shape index (κ2) is 5.50. The Labute approximate surface area is 84.8 Å². The van der Waals surface area contributed by atoms with Gasteiger partial charge in [0.2, 0.25) is 0 Å². The molecule has 3 nitrogen and oxygen atoms in total. The summed E-state index contributed by atoms with van der Waals surface area (Å²) in [5, 5.41) is 0. The second-order valence-electron chi connectivity index (χ2n) is 3.07. The van der Waals surface area contributed by atoms with Crippen molar-refractivity contribution in [2.45, 2.75) is 12.8 Å². The minimum Gasteiger partial charge on any atom is -0.497 e. The Morgan fingerprint density at radius 2 is 2.00 bits per heavy atom. The summed E-state index contributed by atoms with van der Waals surface area (Å²) < 4.78 is 10.4. The largest absolute Gasteiger partial charge is 0.497 e. The fourth-order valence-electron chi connectivity index (χ4n) is 1.37. The van der Waals surface area contributed by atoms with Gasteiger partial charge in [-0.05, 0) is 43.1 Å². The first kappa shape index (κ1) is 10.9. The van der Waals surface area contributed by atoms with E-state index in [1.54, 1.807) is 14.2 Å². The van der Waals surface area contributed by atoms with Crippen LogP contribution < -0.4 is 15.2 Å². The lowest BCUT2D eigenvalue weighted by atomic mass is 10.1. The molecule has 0 bridgehead atoms. The Kier molecular flexibility index (Phi) is 4.26. The summed E-state index contributed by atoms with van der Waals surface area (Å²) in [4.78, 5) is 0. The van der Waals surface area contributed by atoms with Crippen molar-refractivity contribution in [1.82, 2.24) is 0 Å². The first-order valence-corrected chi connectivity index (χ1v) is 4.72. The molecule has 0 aromatic heterocycles. The zero-order chi connectivity index (χ0) is 10.4. The van der Waals surface area contributed by atoms with E-state index in [1.807, 2.05) is 18.2 Å². The van der Waals surface area contributed by atoms with Crippen LogP contribution in [0, 0.1) is 0 Å². The van der Waals surface area contributed by atoms with E-state index in [4.69, 9.17) is 15.2 Å². The summed E-state index contributed by atoms with van der Waals surface area (Å²) in [6, 6.07) is 5.81. The number of aryl methyl sites for hydroxylation is 1. The van der Waals surface area contributed by atoms with E-state index in [-0.39, 0.29) is 0 Å². The minimum atomic E-state index is 0.695. The maximum atomic E-state index is 5.47. The van der Waals surface area contributed by atoms with Gasteiger partial charge in [-0.25, -0.2) is 0 Å². The molecule has 0 unspecified atom stereocenters. The van der Waals surface area contributed by atoms with Gasteiger partial charge in [0.05, 0.1) is 14.2 Å². The van der Waals surface area contributed by atoms with Gasteiger partial charge in [-0.2, -0.15) is 0 Å². The lowest BCUT2D eigenvalue weighted by molar-refractivity contribution is 0.398. The fraction of sp³-hybridized carbons (Fsp3) is 0.455. The third kappa shape index (κ3) is 2.64. The van der Waals surface area contributed by atoms with Crippen molar-refractivity contribution in [3.63, 3.8) is 0 Å². The highest BCUT2D eigenvalue weighted by atomic mass is 16.5. The predicted octanol–water partition coefficient (Wildman–Crippen LogP) is 1.60. The molecule has 0 saturated heterocycles. The van der Waals surface area contributed by atoms with Crippen molar-refractivity contribution in [2.24, 2.45) is 5.73 Å². The molecule has 0 aliphatic heterocycles. The lowest BCUT2D eigenvalue weighted by Gasteiger charge is -2.09. The number of methoxy groups -OCH3 is 2. The van der Waals surface area contributed by atoms with Crippen molar-refractivity contribution in [1.29, 1.82) is 0 Å². The highest BCUT2D eigenvalue weighted by Gasteiger charge is 2.03. The number of ether oxygens (including phenoxy) is 2. The predicted molar refractivity (Wildman–Crippen MR) is 56.9 cm³/mol. The minimum absolute atomic E-state index is 0.695. The summed E-state index contributed by atoms with van der Waals surface area (Å²) in [5.41, 5.74) is 6.62. The molecule has 1 rings (SSSR count). The third-order valence-corrected chi connectivity index (χ3v) is 2.14. The van der Waals surface area contributed by atoms with Crippen molar-refractivity contribution in [2.75, 3.05) is 20.8 Å². The molecule has 0 amide bonds. The zero-order valence-electron chi connectivity index (χ0n) is 8.75. The van der Waals surface area contributed by atoms with Crippen LogP contribution in [0.15, 0.2) is 18.2 Å². The molecule has 0 aliphatic rings. The van der Waals surface area contributed by atoms with Crippen LogP contribution in [0.4, 0.5) is 0 Å². The summed E-state index contributed by atoms with van der Waals surface area (Å²) in [7, 11) is 3.34. The Balaban J connectivity index is 2.84. The van der Waals surface area contributed by atoms with Gasteiger partial charge in [0.15, 0.2) is 0 Å². The average Bonchev–Trinajstić information content (AvgIpc) is 2.25. The number of nitrogens with two attached hydrogens (primary N) is 1. The topological polar surface area (TPSA) is 44.5 Å². The molecular formula is C11H17NO2. The van der Waals surface area contributed by atoms with Crippen LogP contribution in [0.25, 0.3) is 0 Å². The summed E-state index contributed by atoms with van der Waals surface area (Å²) in [6.07, 6.45) is 1.89. The second-order valence-corrected chi connectivity index (χ2v) is 3.07. The van der Waals surface area contributed by atoms with Crippen LogP contribution in [-0.4, -0.2) is 20.8 Å². The number of hydrogen-bond acceptors (Lipinski definition) is 3. The first-order chi connectivity index (χ1) is 6.81. The molecule has 1 aromatic rings. The quantitative estimate of drug-likeness (QED) is 0.776. The van der Waals surface area contributed by atoms with Gasteiger partial charge in [0.1, 0.15) is 11.5 Å². The standard InChI is InChI=1S/C11H17NO2/c1-13-10-5-6-11(14-2)9(8-10)4-3-7-12/h5-6,8H,3-4,7,12H2,1-2H3. The van der Waals surface area contributed by atoms with E-state index in [9.17, 15) is 0 Å². The van der Waals surface area contributed by atoms with Crippen LogP contribution in [0.5, 0.6) is 11.5 Å². The monoisotopic (exact) mass is 195 g/mol. The van der Waals surface area contributed by atoms with Gasteiger partial charge < -0.3 is 15.2 Å². The van der Waals surface area contributed by atoms with Gasteiger partial charge >= 0.3 is 0 Å². The molecule has 0 fully saturated rings. The van der Waals surface area contributed by atoms with E-state index < -0.39 is 0 Å². The van der Waals surface area contributed by atoms with Crippen LogP contribution in [0.1, 0.15) is 12.0 Å². The van der Waals surface area contributed by atoms with E-state index in [0.717, 1.165) is 29.9 Å². The van der Waals surface area contributed by atoms with Crippen molar-refractivity contribution >= 4 is 0 Å². The van der Waals surface area contributed by atoms with Crippen molar-refractivity contribution in [3.8, 4) is 11.5 Å². The van der Waals surface area contributed by atoms with Gasteiger partial charge in [0.25, 0.3) is 0 Å². The van der Waals surface area contributed by atoms with E-state index in [2.05, 4.69) is 0 Å². The Hall–Kier alpha value is -1.22. The van der Waals surface area contributed by atoms with E-state index in [0.29, 0.717) is 6.54 Å². The van der Waals surface area contributed by atoms with Crippen LogP contribution in [0.2, 0.25) is 0 Å². The van der Waals surface area contributed by atoms with Crippen molar-refractivity contribution in [3.05, 3.63) is 23.8 Å². The number of rotatable bonds is 5. The van der Waals surface area contributed by atoms with Gasteiger partial charge in [0, 0.05) is 0 Å². The smallest absolute Gasteiger partial charge is 0.122 e. The highest BCUT2D eigenvalue weighted by Crippen LogP contribution is 2.24. The SMILES string of the molecule is COc1ccc(OC)c(CCCN)c1. The molecule has 3 heteroatoms. The molecule has 78 valence electrons. The number of hydrogen-bond donors (Lipinski definition) is 1. The average molecular weight is 195 g/mol. The molecule has 14 heavy (non-hydrogen) atoms. The van der Waals surface area contributed by atoms with Gasteiger partial charge in [-0.3, -0.25) is 0 Å². The lowest BCUT2D eigenvalue weighted by Crippen LogP contribution is -2.01. The fourth-order valence-corrected chi connectivity index (χ4v) is 1.37. The van der Waals surface area contributed by atoms with Crippen molar-refractivity contribution < 1.29 is 9.47 Å². The maximum Gasteiger partial charge on any atom is 0.122 e. The van der Waals surface area contributed by atoms with Gasteiger partial charge in [-0.1, -0.05) is 0 Å². The molecular weight excluding hydrogens is 178 g/mol. The van der Waals surface area contributed by atoms with Gasteiger partial charge in [-0.15, -0.1) is 0 Å². The Morgan fingerprint density at radius 3 is 2.57 bits per heavy atom. The molecule has 0 atom stereocenters.